The molecule has 1 aliphatic carbocycles. The first-order valence-electron chi connectivity index (χ1n) is 4.57. The maximum absolute atomic E-state index is 3.01. The van der Waals surface area contributed by atoms with Crippen molar-refractivity contribution in [3.05, 3.63) is 0 Å². The third kappa shape index (κ3) is 3.18. The van der Waals surface area contributed by atoms with Gasteiger partial charge in [0.15, 0.2) is 0 Å². The molecule has 0 radical (unpaired) electrons. The molecular formula is C8H19N3. The van der Waals surface area contributed by atoms with E-state index in [9.17, 15) is 0 Å². The highest BCUT2D eigenvalue weighted by Crippen LogP contribution is 2.15. The van der Waals surface area contributed by atoms with Crippen LogP contribution in [-0.4, -0.2) is 12.1 Å². The van der Waals surface area contributed by atoms with Crippen LogP contribution < -0.4 is 16.4 Å². The zero-order valence-electron chi connectivity index (χ0n) is 7.48. The number of hydrazine groups is 2. The van der Waals surface area contributed by atoms with E-state index >= 15 is 0 Å². The van der Waals surface area contributed by atoms with Gasteiger partial charge in [-0.1, -0.05) is 25.7 Å². The average Bonchev–Trinajstić information content (AvgIpc) is 2.12. The SMILES string of the molecule is C1CCC1.CC1NNNC1C. The summed E-state index contributed by atoms with van der Waals surface area (Å²) in [7, 11) is 0. The fourth-order valence-electron chi connectivity index (χ4n) is 0.769. The van der Waals surface area contributed by atoms with E-state index in [2.05, 4.69) is 30.2 Å². The number of hydrogen-bond acceptors (Lipinski definition) is 3. The second-order valence-corrected chi connectivity index (χ2v) is 3.41. The van der Waals surface area contributed by atoms with Crippen molar-refractivity contribution in [2.75, 3.05) is 0 Å². The van der Waals surface area contributed by atoms with Crippen LogP contribution in [0.15, 0.2) is 0 Å². The van der Waals surface area contributed by atoms with Gasteiger partial charge in [-0.15, -0.1) is 0 Å². The van der Waals surface area contributed by atoms with Crippen LogP contribution in [-0.2, 0) is 0 Å². The van der Waals surface area contributed by atoms with Gasteiger partial charge in [-0.05, 0) is 13.8 Å². The van der Waals surface area contributed by atoms with Gasteiger partial charge in [0.1, 0.15) is 0 Å². The van der Waals surface area contributed by atoms with Crippen molar-refractivity contribution in [3.63, 3.8) is 0 Å². The normalized spacial score (nSPS) is 35.5. The maximum atomic E-state index is 3.01. The van der Waals surface area contributed by atoms with Crippen LogP contribution in [0.4, 0.5) is 0 Å². The van der Waals surface area contributed by atoms with E-state index in [1.807, 2.05) is 0 Å². The highest BCUT2D eigenvalue weighted by Gasteiger charge is 2.15. The minimum atomic E-state index is 0.542. The molecule has 0 spiro atoms. The monoisotopic (exact) mass is 157 g/mol. The molecule has 1 saturated carbocycles. The van der Waals surface area contributed by atoms with Crippen molar-refractivity contribution >= 4 is 0 Å². The summed E-state index contributed by atoms with van der Waals surface area (Å²) in [5.41, 5.74) is 8.84. The number of rotatable bonds is 0. The highest BCUT2D eigenvalue weighted by molar-refractivity contribution is 4.74. The summed E-state index contributed by atoms with van der Waals surface area (Å²) in [5.74, 6) is 0. The summed E-state index contributed by atoms with van der Waals surface area (Å²) in [5, 5.41) is 0. The van der Waals surface area contributed by atoms with E-state index in [0.717, 1.165) is 0 Å². The van der Waals surface area contributed by atoms with Gasteiger partial charge in [0.2, 0.25) is 0 Å². The summed E-state index contributed by atoms with van der Waals surface area (Å²) in [4.78, 5) is 0. The van der Waals surface area contributed by atoms with Crippen molar-refractivity contribution < 1.29 is 0 Å². The summed E-state index contributed by atoms with van der Waals surface area (Å²) in [6, 6.07) is 1.08. The van der Waals surface area contributed by atoms with Crippen molar-refractivity contribution in [1.82, 2.24) is 16.4 Å². The summed E-state index contributed by atoms with van der Waals surface area (Å²) in [6.07, 6.45) is 6.00. The third-order valence-corrected chi connectivity index (χ3v) is 2.35. The molecule has 1 heterocycles. The highest BCUT2D eigenvalue weighted by atomic mass is 15.7. The first kappa shape index (κ1) is 8.97. The molecule has 2 rings (SSSR count). The first-order chi connectivity index (χ1) is 5.30. The molecule has 1 saturated heterocycles. The number of hydrogen-bond donors (Lipinski definition) is 3. The molecule has 0 bridgehead atoms. The predicted molar refractivity (Wildman–Crippen MR) is 46.8 cm³/mol. The first-order valence-corrected chi connectivity index (χ1v) is 4.57. The Morgan fingerprint density at radius 2 is 1.18 bits per heavy atom. The fraction of sp³-hybridized carbons (Fsp3) is 1.00. The van der Waals surface area contributed by atoms with Gasteiger partial charge >= 0.3 is 0 Å². The molecule has 3 nitrogen and oxygen atoms in total. The van der Waals surface area contributed by atoms with Gasteiger partial charge in [0.05, 0.1) is 0 Å². The quantitative estimate of drug-likeness (QED) is 0.489. The molecule has 3 N–H and O–H groups in total. The third-order valence-electron chi connectivity index (χ3n) is 2.35. The lowest BCUT2D eigenvalue weighted by molar-refractivity contribution is 0.504. The second-order valence-electron chi connectivity index (χ2n) is 3.41. The lowest BCUT2D eigenvalue weighted by Crippen LogP contribution is -2.32. The fourth-order valence-corrected chi connectivity index (χ4v) is 0.769. The zero-order chi connectivity index (χ0) is 8.10. The van der Waals surface area contributed by atoms with Crippen LogP contribution in [0.25, 0.3) is 0 Å². The molecule has 0 amide bonds. The van der Waals surface area contributed by atoms with Gasteiger partial charge in [0, 0.05) is 12.1 Å². The molecule has 2 fully saturated rings. The molecule has 66 valence electrons. The van der Waals surface area contributed by atoms with Gasteiger partial charge in [-0.2, -0.15) is 5.53 Å². The van der Waals surface area contributed by atoms with Gasteiger partial charge in [-0.25, -0.2) is 10.9 Å². The van der Waals surface area contributed by atoms with E-state index < -0.39 is 0 Å². The van der Waals surface area contributed by atoms with E-state index in [1.165, 1.54) is 25.7 Å². The molecule has 11 heavy (non-hydrogen) atoms. The van der Waals surface area contributed by atoms with Crippen LogP contribution >= 0.6 is 0 Å². The van der Waals surface area contributed by atoms with Crippen molar-refractivity contribution in [2.45, 2.75) is 51.6 Å². The van der Waals surface area contributed by atoms with Gasteiger partial charge < -0.3 is 0 Å². The molecule has 0 aromatic rings. The Morgan fingerprint density at radius 1 is 0.818 bits per heavy atom. The van der Waals surface area contributed by atoms with Crippen molar-refractivity contribution in [2.24, 2.45) is 0 Å². The Morgan fingerprint density at radius 3 is 1.27 bits per heavy atom. The molecule has 2 unspecified atom stereocenters. The molecule has 3 heteroatoms. The van der Waals surface area contributed by atoms with Crippen LogP contribution in [0.3, 0.4) is 0 Å². The lowest BCUT2D eigenvalue weighted by atomic mass is 10.0. The Balaban J connectivity index is 0.000000128. The zero-order valence-corrected chi connectivity index (χ0v) is 7.48. The van der Waals surface area contributed by atoms with Crippen LogP contribution in [0.1, 0.15) is 39.5 Å². The summed E-state index contributed by atoms with van der Waals surface area (Å²) in [6.45, 7) is 4.25. The molecule has 1 aliphatic heterocycles. The van der Waals surface area contributed by atoms with E-state index in [1.54, 1.807) is 0 Å². The lowest BCUT2D eigenvalue weighted by Gasteiger charge is -2.05. The summed E-state index contributed by atoms with van der Waals surface area (Å²) >= 11 is 0. The average molecular weight is 157 g/mol. The van der Waals surface area contributed by atoms with E-state index in [0.29, 0.717) is 12.1 Å². The standard InChI is InChI=1S/C4H11N3.C4H8/c1-3-4(2)6-7-5-3;1-2-4-3-1/h3-7H,1-2H3;1-4H2. The Hall–Kier alpha value is -0.120. The molecule has 0 aromatic heterocycles. The maximum Gasteiger partial charge on any atom is 0.0362 e. The van der Waals surface area contributed by atoms with Crippen LogP contribution in [0.5, 0.6) is 0 Å². The molecule has 2 aliphatic rings. The Bertz CT molecular complexity index is 89.5. The Labute approximate surface area is 68.9 Å². The van der Waals surface area contributed by atoms with Crippen LogP contribution in [0, 0.1) is 0 Å². The minimum Gasteiger partial charge on any atom is -0.240 e. The number of nitrogens with one attached hydrogen (secondary N) is 3. The summed E-state index contributed by atoms with van der Waals surface area (Å²) < 4.78 is 0. The van der Waals surface area contributed by atoms with E-state index in [-0.39, 0.29) is 0 Å². The van der Waals surface area contributed by atoms with Gasteiger partial charge in [0.25, 0.3) is 0 Å². The molecular weight excluding hydrogens is 138 g/mol. The largest absolute Gasteiger partial charge is 0.240 e. The van der Waals surface area contributed by atoms with Crippen molar-refractivity contribution in [1.29, 1.82) is 0 Å². The second kappa shape index (κ2) is 4.70. The van der Waals surface area contributed by atoms with Crippen molar-refractivity contribution in [3.8, 4) is 0 Å². The minimum absolute atomic E-state index is 0.542. The van der Waals surface area contributed by atoms with E-state index in [4.69, 9.17) is 0 Å². The predicted octanol–water partition coefficient (Wildman–Crippen LogP) is 0.936. The molecule has 0 aromatic carbocycles. The molecule has 2 atom stereocenters. The van der Waals surface area contributed by atoms with Crippen LogP contribution in [0.2, 0.25) is 0 Å². The smallest absolute Gasteiger partial charge is 0.0362 e. The topological polar surface area (TPSA) is 36.1 Å². The van der Waals surface area contributed by atoms with Gasteiger partial charge in [-0.3, -0.25) is 0 Å². The Kier molecular flexibility index (Phi) is 3.83.